The molecule has 2 aromatic rings. The molecule has 19 heavy (non-hydrogen) atoms. The lowest BCUT2D eigenvalue weighted by Crippen LogP contribution is -1.91. The smallest absolute Gasteiger partial charge is 0.257 e. The molecule has 0 fully saturated rings. The monoisotopic (exact) mass is 275 g/mol. The summed E-state index contributed by atoms with van der Waals surface area (Å²) in [7, 11) is 0. The Morgan fingerprint density at radius 1 is 1.42 bits per heavy atom. The fourth-order valence-electron chi connectivity index (χ4n) is 2.11. The fraction of sp³-hybridized carbons (Fsp3) is 0.429. The van der Waals surface area contributed by atoms with Gasteiger partial charge in [0.25, 0.3) is 5.89 Å². The highest BCUT2D eigenvalue weighted by molar-refractivity contribution is 7.99. The molecule has 0 saturated carbocycles. The molecule has 0 unspecified atom stereocenters. The minimum atomic E-state index is 0.577. The summed E-state index contributed by atoms with van der Waals surface area (Å²) in [5.41, 5.74) is 3.56. The van der Waals surface area contributed by atoms with Crippen LogP contribution in [0.4, 0.5) is 5.69 Å². The third-order valence-electron chi connectivity index (χ3n) is 3.08. The van der Waals surface area contributed by atoms with Crippen molar-refractivity contribution in [2.24, 2.45) is 0 Å². The average molecular weight is 275 g/mol. The SMILES string of the molecule is CC(C)SCc1noc(-c2ccc3c(c2)CCN3)n1. The number of anilines is 1. The Kier molecular flexibility index (Phi) is 3.46. The van der Waals surface area contributed by atoms with Crippen LogP contribution < -0.4 is 5.32 Å². The van der Waals surface area contributed by atoms with Gasteiger partial charge in [0, 0.05) is 17.8 Å². The summed E-state index contributed by atoms with van der Waals surface area (Å²) in [6.07, 6.45) is 1.06. The van der Waals surface area contributed by atoms with Crippen LogP contribution in [0.2, 0.25) is 0 Å². The predicted molar refractivity (Wildman–Crippen MR) is 78.4 cm³/mol. The van der Waals surface area contributed by atoms with Crippen LogP contribution >= 0.6 is 11.8 Å². The molecule has 5 heteroatoms. The van der Waals surface area contributed by atoms with Crippen LogP contribution in [-0.4, -0.2) is 21.9 Å². The van der Waals surface area contributed by atoms with Crippen LogP contribution in [0, 0.1) is 0 Å². The molecule has 0 atom stereocenters. The number of aromatic nitrogens is 2. The van der Waals surface area contributed by atoms with E-state index in [0.717, 1.165) is 30.1 Å². The summed E-state index contributed by atoms with van der Waals surface area (Å²) in [6, 6.07) is 6.26. The number of nitrogens with one attached hydrogen (secondary N) is 1. The number of thioether (sulfide) groups is 1. The van der Waals surface area contributed by atoms with E-state index in [1.165, 1.54) is 11.3 Å². The maximum absolute atomic E-state index is 5.35. The molecule has 0 radical (unpaired) electrons. The van der Waals surface area contributed by atoms with Gasteiger partial charge in [0.15, 0.2) is 5.82 Å². The zero-order valence-corrected chi connectivity index (χ0v) is 12.0. The van der Waals surface area contributed by atoms with Crippen molar-refractivity contribution in [1.82, 2.24) is 10.1 Å². The van der Waals surface area contributed by atoms with Gasteiger partial charge >= 0.3 is 0 Å². The van der Waals surface area contributed by atoms with Gasteiger partial charge in [0.05, 0.1) is 5.75 Å². The first-order valence-electron chi connectivity index (χ1n) is 6.54. The molecule has 1 aromatic heterocycles. The van der Waals surface area contributed by atoms with Crippen LogP contribution in [0.15, 0.2) is 22.7 Å². The van der Waals surface area contributed by atoms with Crippen molar-refractivity contribution in [2.45, 2.75) is 31.3 Å². The molecule has 100 valence electrons. The molecule has 2 heterocycles. The fourth-order valence-corrected chi connectivity index (χ4v) is 2.71. The topological polar surface area (TPSA) is 51.0 Å². The van der Waals surface area contributed by atoms with Gasteiger partial charge < -0.3 is 9.84 Å². The van der Waals surface area contributed by atoms with Crippen molar-refractivity contribution >= 4 is 17.4 Å². The molecule has 3 rings (SSSR count). The van der Waals surface area contributed by atoms with Crippen LogP contribution in [0.1, 0.15) is 25.2 Å². The molecular formula is C14H17N3OS. The summed E-state index contributed by atoms with van der Waals surface area (Å²) >= 11 is 1.82. The second-order valence-electron chi connectivity index (χ2n) is 4.92. The summed E-state index contributed by atoms with van der Waals surface area (Å²) < 4.78 is 5.35. The van der Waals surface area contributed by atoms with Crippen molar-refractivity contribution in [2.75, 3.05) is 11.9 Å². The van der Waals surface area contributed by atoms with E-state index in [2.05, 4.69) is 41.4 Å². The molecule has 1 aromatic carbocycles. The third-order valence-corrected chi connectivity index (χ3v) is 4.17. The summed E-state index contributed by atoms with van der Waals surface area (Å²) in [5.74, 6) is 2.19. The van der Waals surface area contributed by atoms with Gasteiger partial charge in [-0.15, -0.1) is 0 Å². The van der Waals surface area contributed by atoms with Crippen LogP contribution in [-0.2, 0) is 12.2 Å². The Bertz CT molecular complexity index is 580. The van der Waals surface area contributed by atoms with Crippen molar-refractivity contribution < 1.29 is 4.52 Å². The molecule has 0 spiro atoms. The number of benzene rings is 1. The van der Waals surface area contributed by atoms with Crippen LogP contribution in [0.3, 0.4) is 0 Å². The van der Waals surface area contributed by atoms with Gasteiger partial charge in [-0.3, -0.25) is 0 Å². The van der Waals surface area contributed by atoms with E-state index < -0.39 is 0 Å². The Morgan fingerprint density at radius 2 is 2.32 bits per heavy atom. The van der Waals surface area contributed by atoms with Crippen LogP contribution in [0.5, 0.6) is 0 Å². The second kappa shape index (κ2) is 5.25. The molecule has 1 aliphatic heterocycles. The van der Waals surface area contributed by atoms with E-state index in [1.807, 2.05) is 17.8 Å². The zero-order chi connectivity index (χ0) is 13.2. The first kappa shape index (κ1) is 12.5. The standard InChI is InChI=1S/C14H17N3OS/c1-9(2)19-8-13-16-14(18-17-13)11-3-4-12-10(7-11)5-6-15-12/h3-4,7,9,15H,5-6,8H2,1-2H3. The number of rotatable bonds is 4. The minimum absolute atomic E-state index is 0.577. The average Bonchev–Trinajstić information content (AvgIpc) is 3.04. The van der Waals surface area contributed by atoms with Gasteiger partial charge in [0.2, 0.25) is 0 Å². The molecule has 0 amide bonds. The second-order valence-corrected chi connectivity index (χ2v) is 6.49. The summed E-state index contributed by atoms with van der Waals surface area (Å²) in [5, 5.41) is 7.96. The van der Waals surface area contributed by atoms with Crippen molar-refractivity contribution in [1.29, 1.82) is 0 Å². The van der Waals surface area contributed by atoms with Gasteiger partial charge in [-0.1, -0.05) is 19.0 Å². The van der Waals surface area contributed by atoms with Crippen molar-refractivity contribution in [3.8, 4) is 11.5 Å². The van der Waals surface area contributed by atoms with Crippen LogP contribution in [0.25, 0.3) is 11.5 Å². The number of nitrogens with zero attached hydrogens (tertiary/aromatic N) is 2. The maximum atomic E-state index is 5.35. The molecule has 0 aliphatic carbocycles. The zero-order valence-electron chi connectivity index (χ0n) is 11.1. The summed E-state index contributed by atoms with van der Waals surface area (Å²) in [4.78, 5) is 4.46. The molecule has 0 bridgehead atoms. The van der Waals surface area contributed by atoms with E-state index >= 15 is 0 Å². The van der Waals surface area contributed by atoms with Gasteiger partial charge in [-0.25, -0.2) is 0 Å². The molecule has 0 saturated heterocycles. The third kappa shape index (κ3) is 2.76. The number of hydrogen-bond donors (Lipinski definition) is 1. The first-order valence-corrected chi connectivity index (χ1v) is 7.58. The van der Waals surface area contributed by atoms with Gasteiger partial charge in [0.1, 0.15) is 0 Å². The lowest BCUT2D eigenvalue weighted by atomic mass is 10.1. The van der Waals surface area contributed by atoms with E-state index in [-0.39, 0.29) is 0 Å². The molecule has 4 nitrogen and oxygen atoms in total. The number of fused-ring (bicyclic) bond motifs is 1. The highest BCUT2D eigenvalue weighted by atomic mass is 32.2. The largest absolute Gasteiger partial charge is 0.384 e. The Balaban J connectivity index is 1.79. The van der Waals surface area contributed by atoms with E-state index in [4.69, 9.17) is 4.52 Å². The Hall–Kier alpha value is -1.49. The van der Waals surface area contributed by atoms with E-state index in [1.54, 1.807) is 0 Å². The quantitative estimate of drug-likeness (QED) is 0.927. The normalized spacial score (nSPS) is 13.6. The number of hydrogen-bond acceptors (Lipinski definition) is 5. The minimum Gasteiger partial charge on any atom is -0.384 e. The van der Waals surface area contributed by atoms with Crippen molar-refractivity contribution in [3.63, 3.8) is 0 Å². The molecule has 1 N–H and O–H groups in total. The van der Waals surface area contributed by atoms with E-state index in [0.29, 0.717) is 11.1 Å². The summed E-state index contributed by atoms with van der Waals surface area (Å²) in [6.45, 7) is 5.34. The maximum Gasteiger partial charge on any atom is 0.257 e. The Labute approximate surface area is 117 Å². The van der Waals surface area contributed by atoms with Gasteiger partial charge in [-0.2, -0.15) is 16.7 Å². The lowest BCUT2D eigenvalue weighted by molar-refractivity contribution is 0.425. The highest BCUT2D eigenvalue weighted by Gasteiger charge is 2.14. The highest BCUT2D eigenvalue weighted by Crippen LogP contribution is 2.28. The molecular weight excluding hydrogens is 258 g/mol. The van der Waals surface area contributed by atoms with Crippen molar-refractivity contribution in [3.05, 3.63) is 29.6 Å². The Morgan fingerprint density at radius 3 is 3.16 bits per heavy atom. The van der Waals surface area contributed by atoms with E-state index in [9.17, 15) is 0 Å². The van der Waals surface area contributed by atoms with Gasteiger partial charge in [-0.05, 0) is 35.4 Å². The molecule has 1 aliphatic rings. The predicted octanol–water partition coefficient (Wildman–Crippen LogP) is 3.35. The lowest BCUT2D eigenvalue weighted by Gasteiger charge is -2.00. The first-order chi connectivity index (χ1) is 9.22.